The van der Waals surface area contributed by atoms with E-state index in [4.69, 9.17) is 33.4 Å². The molecule has 0 aliphatic rings. The van der Waals surface area contributed by atoms with E-state index in [1.807, 2.05) is 0 Å². The number of hydrogen-bond donors (Lipinski definition) is 2. The van der Waals surface area contributed by atoms with Crippen molar-refractivity contribution in [2.24, 2.45) is 0 Å². The molecule has 0 fully saturated rings. The van der Waals surface area contributed by atoms with Crippen LogP contribution in [-0.2, 0) is 0 Å². The number of pyridine rings is 1. The number of H-pyrrole nitrogens is 1. The molecule has 2 aromatic heterocycles. The van der Waals surface area contributed by atoms with Gasteiger partial charge in [0.05, 0.1) is 16.1 Å². The molecule has 5 nitrogen and oxygen atoms in total. The van der Waals surface area contributed by atoms with Gasteiger partial charge in [-0.15, -0.1) is 0 Å². The topological polar surface area (TPSA) is 89.1 Å². The fraction of sp³-hybridized carbons (Fsp3) is 0. The molecule has 21 heavy (non-hydrogen) atoms. The molecule has 0 radical (unpaired) electrons. The fourth-order valence-electron chi connectivity index (χ4n) is 1.99. The van der Waals surface area contributed by atoms with E-state index in [9.17, 15) is 9.59 Å². The second kappa shape index (κ2) is 4.95. The molecule has 0 aliphatic carbocycles. The lowest BCUT2D eigenvalue weighted by Crippen LogP contribution is -2.03. The van der Waals surface area contributed by atoms with Gasteiger partial charge in [-0.2, -0.15) is 0 Å². The minimum Gasteiger partial charge on any atom is -0.434 e. The highest BCUT2D eigenvalue weighted by Gasteiger charge is 2.22. The minimum atomic E-state index is -0.480. The zero-order valence-corrected chi connectivity index (χ0v) is 12.0. The Morgan fingerprint density at radius 1 is 1.19 bits per heavy atom. The molecular weight excluding hydrogens is 315 g/mol. The molecule has 0 saturated heterocycles. The number of furan rings is 1. The number of benzene rings is 1. The predicted octanol–water partition coefficient (Wildman–Crippen LogP) is 3.24. The Kier molecular flexibility index (Phi) is 3.23. The van der Waals surface area contributed by atoms with Gasteiger partial charge >= 0.3 is 0 Å². The minimum absolute atomic E-state index is 0.0731. The number of rotatable bonds is 2. The van der Waals surface area contributed by atoms with Gasteiger partial charge in [0.15, 0.2) is 0 Å². The van der Waals surface area contributed by atoms with Crippen LogP contribution in [0.15, 0.2) is 39.5 Å². The Hall–Kier alpha value is -2.24. The van der Waals surface area contributed by atoms with Crippen molar-refractivity contribution in [3.05, 3.63) is 62.1 Å². The third kappa shape index (κ3) is 2.30. The van der Waals surface area contributed by atoms with Crippen LogP contribution >= 0.6 is 23.2 Å². The van der Waals surface area contributed by atoms with Crippen LogP contribution in [0.4, 0.5) is 5.69 Å². The number of halogens is 2. The molecule has 0 saturated carbocycles. The fourth-order valence-corrected chi connectivity index (χ4v) is 2.49. The van der Waals surface area contributed by atoms with Gasteiger partial charge in [0.25, 0.3) is 5.56 Å². The molecule has 1 aromatic carbocycles. The van der Waals surface area contributed by atoms with Crippen molar-refractivity contribution >= 4 is 45.8 Å². The van der Waals surface area contributed by atoms with Gasteiger partial charge in [0.2, 0.25) is 17.3 Å². The molecule has 0 spiro atoms. The first-order valence-corrected chi connectivity index (χ1v) is 6.64. The molecule has 0 amide bonds. The smallest absolute Gasteiger partial charge is 0.250 e. The molecule has 0 atom stereocenters. The summed E-state index contributed by atoms with van der Waals surface area (Å²) in [6.07, 6.45) is 0. The van der Waals surface area contributed by atoms with Gasteiger partial charge in [0.1, 0.15) is 0 Å². The summed E-state index contributed by atoms with van der Waals surface area (Å²) in [6, 6.07) is 7.28. The van der Waals surface area contributed by atoms with Crippen LogP contribution in [0.25, 0.3) is 11.1 Å². The number of carbonyl (C=O) groups excluding carboxylic acids is 1. The summed E-state index contributed by atoms with van der Waals surface area (Å²) < 4.78 is 5.36. The van der Waals surface area contributed by atoms with Crippen molar-refractivity contribution in [2.45, 2.75) is 0 Å². The number of hydrogen-bond acceptors (Lipinski definition) is 4. The molecule has 0 unspecified atom stereocenters. The van der Waals surface area contributed by atoms with Gasteiger partial charge in [-0.05, 0) is 24.3 Å². The molecule has 0 aliphatic heterocycles. The maximum Gasteiger partial charge on any atom is 0.250 e. The number of aromatic nitrogens is 1. The van der Waals surface area contributed by atoms with E-state index in [1.54, 1.807) is 6.07 Å². The van der Waals surface area contributed by atoms with E-state index in [0.29, 0.717) is 10.4 Å². The summed E-state index contributed by atoms with van der Waals surface area (Å²) in [5.41, 5.74) is 6.07. The van der Waals surface area contributed by atoms with E-state index in [2.05, 4.69) is 4.98 Å². The molecule has 2 heterocycles. The van der Waals surface area contributed by atoms with Crippen molar-refractivity contribution in [1.82, 2.24) is 4.98 Å². The van der Waals surface area contributed by atoms with Crippen LogP contribution in [-0.4, -0.2) is 10.8 Å². The Morgan fingerprint density at radius 2 is 1.95 bits per heavy atom. The van der Waals surface area contributed by atoms with E-state index in [-0.39, 0.29) is 33.3 Å². The highest BCUT2D eigenvalue weighted by atomic mass is 35.5. The van der Waals surface area contributed by atoms with Gasteiger partial charge in [-0.1, -0.05) is 23.2 Å². The highest BCUT2D eigenvalue weighted by molar-refractivity contribution is 6.37. The maximum atomic E-state index is 12.5. The largest absolute Gasteiger partial charge is 0.434 e. The monoisotopic (exact) mass is 322 g/mol. The summed E-state index contributed by atoms with van der Waals surface area (Å²) >= 11 is 11.8. The standard InChI is InChI=1S/C14H8Cl2N2O3/c15-6-1-2-7(9(16)5-6)12(20)13-11(17)8-3-4-10(19)18-14(8)21-13/h1-5H,17H2,(H,18,19). The van der Waals surface area contributed by atoms with E-state index in [1.165, 1.54) is 24.3 Å². The summed E-state index contributed by atoms with van der Waals surface area (Å²) in [7, 11) is 0. The van der Waals surface area contributed by atoms with Crippen LogP contribution in [0, 0.1) is 0 Å². The van der Waals surface area contributed by atoms with Crippen LogP contribution in [0.3, 0.4) is 0 Å². The first-order chi connectivity index (χ1) is 9.97. The van der Waals surface area contributed by atoms with Crippen molar-refractivity contribution in [2.75, 3.05) is 5.73 Å². The summed E-state index contributed by atoms with van der Waals surface area (Å²) in [5.74, 6) is -0.553. The van der Waals surface area contributed by atoms with Crippen molar-refractivity contribution in [1.29, 1.82) is 0 Å². The van der Waals surface area contributed by atoms with Gasteiger partial charge in [0, 0.05) is 16.7 Å². The third-order valence-electron chi connectivity index (χ3n) is 3.00. The Labute approximate surface area is 128 Å². The number of anilines is 1. The molecular formula is C14H8Cl2N2O3. The first kappa shape index (κ1) is 13.7. The lowest BCUT2D eigenvalue weighted by Gasteiger charge is -2.02. The van der Waals surface area contributed by atoms with Gasteiger partial charge in [-0.25, -0.2) is 0 Å². The Balaban J connectivity index is 2.17. The summed E-state index contributed by atoms with van der Waals surface area (Å²) in [6.45, 7) is 0. The molecule has 3 aromatic rings. The zero-order chi connectivity index (χ0) is 15.1. The molecule has 0 bridgehead atoms. The van der Waals surface area contributed by atoms with Gasteiger partial charge < -0.3 is 10.2 Å². The quantitative estimate of drug-likeness (QED) is 0.709. The molecule has 3 rings (SSSR count). The number of ketones is 1. The van der Waals surface area contributed by atoms with E-state index >= 15 is 0 Å². The molecule has 106 valence electrons. The zero-order valence-electron chi connectivity index (χ0n) is 10.4. The average Bonchev–Trinajstić information content (AvgIpc) is 2.75. The number of nitrogen functional groups attached to an aromatic ring is 1. The maximum absolute atomic E-state index is 12.5. The predicted molar refractivity (Wildman–Crippen MR) is 81.1 cm³/mol. The van der Waals surface area contributed by atoms with E-state index < -0.39 is 5.78 Å². The van der Waals surface area contributed by atoms with E-state index in [0.717, 1.165) is 0 Å². The van der Waals surface area contributed by atoms with Crippen molar-refractivity contribution < 1.29 is 9.21 Å². The first-order valence-electron chi connectivity index (χ1n) is 5.88. The number of aromatic amines is 1. The summed E-state index contributed by atoms with van der Waals surface area (Å²) in [4.78, 5) is 26.2. The van der Waals surface area contributed by atoms with Crippen LogP contribution in [0.2, 0.25) is 10.0 Å². The second-order valence-electron chi connectivity index (χ2n) is 4.36. The summed E-state index contributed by atoms with van der Waals surface area (Å²) in [5, 5.41) is 1.07. The SMILES string of the molecule is Nc1c(C(=O)c2ccc(Cl)cc2Cl)oc2[nH]c(=O)ccc12. The van der Waals surface area contributed by atoms with Crippen LogP contribution in [0.1, 0.15) is 16.1 Å². The molecule has 7 heteroatoms. The molecule has 3 N–H and O–H groups in total. The normalized spacial score (nSPS) is 11.0. The Bertz CT molecular complexity index is 928. The van der Waals surface area contributed by atoms with Crippen molar-refractivity contribution in [3.8, 4) is 0 Å². The number of fused-ring (bicyclic) bond motifs is 1. The lowest BCUT2D eigenvalue weighted by molar-refractivity contribution is 0.101. The van der Waals surface area contributed by atoms with Crippen LogP contribution in [0.5, 0.6) is 0 Å². The number of carbonyl (C=O) groups is 1. The van der Waals surface area contributed by atoms with Gasteiger partial charge in [-0.3, -0.25) is 14.6 Å². The number of nitrogens with one attached hydrogen (secondary N) is 1. The average molecular weight is 323 g/mol. The highest BCUT2D eigenvalue weighted by Crippen LogP contribution is 2.30. The van der Waals surface area contributed by atoms with Crippen molar-refractivity contribution in [3.63, 3.8) is 0 Å². The number of nitrogens with two attached hydrogens (primary N) is 1. The van der Waals surface area contributed by atoms with Crippen LogP contribution < -0.4 is 11.3 Å². The second-order valence-corrected chi connectivity index (χ2v) is 5.21. The lowest BCUT2D eigenvalue weighted by atomic mass is 10.1. The third-order valence-corrected chi connectivity index (χ3v) is 3.55. The Morgan fingerprint density at radius 3 is 2.67 bits per heavy atom.